The second kappa shape index (κ2) is 5.90. The maximum absolute atomic E-state index is 12.7. The smallest absolute Gasteiger partial charge is 0.255 e. The summed E-state index contributed by atoms with van der Waals surface area (Å²) in [5, 5.41) is 0. The van der Waals surface area contributed by atoms with Gasteiger partial charge in [0.25, 0.3) is 5.91 Å². The molecule has 0 unspecified atom stereocenters. The first-order valence-electron chi connectivity index (χ1n) is 6.62. The fourth-order valence-electron chi connectivity index (χ4n) is 2.73. The van der Waals surface area contributed by atoms with Crippen LogP contribution in [-0.4, -0.2) is 42.9 Å². The summed E-state index contributed by atoms with van der Waals surface area (Å²) >= 11 is 5.68. The van der Waals surface area contributed by atoms with Gasteiger partial charge in [0, 0.05) is 21.0 Å². The van der Waals surface area contributed by atoms with Gasteiger partial charge in [-0.3, -0.25) is 4.79 Å². The lowest BCUT2D eigenvalue weighted by Gasteiger charge is -2.38. The van der Waals surface area contributed by atoms with E-state index in [1.54, 1.807) is 0 Å². The molecule has 0 aliphatic carbocycles. The number of hydrogen-bond donors (Lipinski definition) is 0. The van der Waals surface area contributed by atoms with Crippen molar-refractivity contribution in [3.8, 4) is 0 Å². The van der Waals surface area contributed by atoms with Crippen molar-refractivity contribution >= 4 is 44.4 Å². The van der Waals surface area contributed by atoms with Gasteiger partial charge in [-0.1, -0.05) is 0 Å². The summed E-state index contributed by atoms with van der Waals surface area (Å²) in [4.78, 5) is 14.5. The third-order valence-corrected chi connectivity index (χ3v) is 5.04. The molecule has 1 spiro atoms. The van der Waals surface area contributed by atoms with Crippen LogP contribution in [0.15, 0.2) is 22.7 Å². The van der Waals surface area contributed by atoms with E-state index < -0.39 is 5.79 Å². The van der Waals surface area contributed by atoms with Gasteiger partial charge in [0.1, 0.15) is 0 Å². The van der Waals surface area contributed by atoms with Gasteiger partial charge >= 0.3 is 0 Å². The van der Waals surface area contributed by atoms with E-state index in [0.717, 1.165) is 27.4 Å². The van der Waals surface area contributed by atoms with Crippen molar-refractivity contribution in [2.45, 2.75) is 18.6 Å². The average Bonchev–Trinajstić information content (AvgIpc) is 2.88. The number of rotatable bonds is 1. The SMILES string of the molecule is O=C(c1cc(I)ccc1Br)N1CCCC2(C1)OCCO2. The van der Waals surface area contributed by atoms with Gasteiger partial charge in [-0.2, -0.15) is 0 Å². The quantitative estimate of drug-likeness (QED) is 0.616. The van der Waals surface area contributed by atoms with Gasteiger partial charge in [-0.05, 0) is 63.1 Å². The zero-order valence-electron chi connectivity index (χ0n) is 10.9. The summed E-state index contributed by atoms with van der Waals surface area (Å²) in [5.74, 6) is -0.531. The number of amides is 1. The summed E-state index contributed by atoms with van der Waals surface area (Å²) in [7, 11) is 0. The molecule has 0 N–H and O–H groups in total. The molecule has 2 heterocycles. The molecular weight excluding hydrogens is 437 g/mol. The molecule has 0 saturated carbocycles. The van der Waals surface area contributed by atoms with Gasteiger partial charge in [0.05, 0.1) is 25.3 Å². The Morgan fingerprint density at radius 1 is 1.35 bits per heavy atom. The molecule has 0 bridgehead atoms. The molecular formula is C14H15BrINO3. The lowest BCUT2D eigenvalue weighted by atomic mass is 10.0. The average molecular weight is 452 g/mol. The molecule has 0 aromatic heterocycles. The minimum absolute atomic E-state index is 0.0357. The second-order valence-electron chi connectivity index (χ2n) is 5.06. The van der Waals surface area contributed by atoms with Gasteiger partial charge < -0.3 is 14.4 Å². The molecule has 2 fully saturated rings. The van der Waals surface area contributed by atoms with Gasteiger partial charge in [0.15, 0.2) is 5.79 Å². The first-order chi connectivity index (χ1) is 9.60. The molecule has 108 valence electrons. The van der Waals surface area contributed by atoms with Crippen LogP contribution in [0.3, 0.4) is 0 Å². The molecule has 1 aromatic carbocycles. The second-order valence-corrected chi connectivity index (χ2v) is 7.16. The molecule has 3 rings (SSSR count). The molecule has 0 radical (unpaired) electrons. The van der Waals surface area contributed by atoms with Crippen LogP contribution in [0.4, 0.5) is 0 Å². The van der Waals surface area contributed by atoms with E-state index in [4.69, 9.17) is 9.47 Å². The number of carbonyl (C=O) groups is 1. The van der Waals surface area contributed by atoms with Crippen LogP contribution in [0.25, 0.3) is 0 Å². The fraction of sp³-hybridized carbons (Fsp3) is 0.500. The van der Waals surface area contributed by atoms with Gasteiger partial charge in [0.2, 0.25) is 0 Å². The number of likely N-dealkylation sites (tertiary alicyclic amines) is 1. The summed E-state index contributed by atoms with van der Waals surface area (Å²) in [6.07, 6.45) is 1.78. The molecule has 0 atom stereocenters. The minimum Gasteiger partial charge on any atom is -0.346 e. The Kier molecular flexibility index (Phi) is 4.35. The van der Waals surface area contributed by atoms with Crippen molar-refractivity contribution in [3.63, 3.8) is 0 Å². The number of hydrogen-bond acceptors (Lipinski definition) is 3. The zero-order chi connectivity index (χ0) is 14.2. The van der Waals surface area contributed by atoms with Crippen molar-refractivity contribution in [2.24, 2.45) is 0 Å². The van der Waals surface area contributed by atoms with Gasteiger partial charge in [-0.15, -0.1) is 0 Å². The molecule has 20 heavy (non-hydrogen) atoms. The van der Waals surface area contributed by atoms with Crippen LogP contribution < -0.4 is 0 Å². The van der Waals surface area contributed by atoms with Crippen LogP contribution >= 0.6 is 38.5 Å². The summed E-state index contributed by atoms with van der Waals surface area (Å²) in [5.41, 5.74) is 0.701. The third kappa shape index (κ3) is 2.88. The molecule has 1 amide bonds. The molecule has 2 aliphatic heterocycles. The Morgan fingerprint density at radius 3 is 2.85 bits per heavy atom. The Hall–Kier alpha value is -0.180. The number of ether oxygens (including phenoxy) is 2. The third-order valence-electron chi connectivity index (χ3n) is 3.68. The van der Waals surface area contributed by atoms with E-state index in [2.05, 4.69) is 38.5 Å². The first-order valence-corrected chi connectivity index (χ1v) is 8.49. The van der Waals surface area contributed by atoms with E-state index in [-0.39, 0.29) is 5.91 Å². The van der Waals surface area contributed by atoms with E-state index in [0.29, 0.717) is 25.3 Å². The lowest BCUT2D eigenvalue weighted by Crippen LogP contribution is -2.51. The van der Waals surface area contributed by atoms with Crippen LogP contribution in [0.1, 0.15) is 23.2 Å². The number of piperidine rings is 1. The summed E-state index contributed by atoms with van der Waals surface area (Å²) in [6.45, 7) is 2.51. The predicted molar refractivity (Wildman–Crippen MR) is 86.6 cm³/mol. The Morgan fingerprint density at radius 2 is 2.10 bits per heavy atom. The topological polar surface area (TPSA) is 38.8 Å². The van der Waals surface area contributed by atoms with Crippen LogP contribution in [0.2, 0.25) is 0 Å². The maximum Gasteiger partial charge on any atom is 0.255 e. The summed E-state index contributed by atoms with van der Waals surface area (Å²) in [6, 6.07) is 5.80. The van der Waals surface area contributed by atoms with E-state index in [1.807, 2.05) is 23.1 Å². The number of carbonyl (C=O) groups excluding carboxylic acids is 1. The van der Waals surface area contributed by atoms with Crippen LogP contribution in [-0.2, 0) is 9.47 Å². The molecule has 1 aromatic rings. The highest BCUT2D eigenvalue weighted by Crippen LogP contribution is 2.31. The Labute approximate surface area is 140 Å². The van der Waals surface area contributed by atoms with Crippen molar-refractivity contribution in [2.75, 3.05) is 26.3 Å². The van der Waals surface area contributed by atoms with Crippen molar-refractivity contribution in [1.29, 1.82) is 0 Å². The summed E-state index contributed by atoms with van der Waals surface area (Å²) < 4.78 is 13.3. The van der Waals surface area contributed by atoms with E-state index >= 15 is 0 Å². The number of halogens is 2. The standard InChI is InChI=1S/C14H15BrINO3/c15-12-3-2-10(16)8-11(12)13(18)17-5-1-4-14(9-17)19-6-7-20-14/h2-3,8H,1,4-7,9H2. The molecule has 2 aliphatic rings. The van der Waals surface area contributed by atoms with Crippen molar-refractivity contribution in [1.82, 2.24) is 4.90 Å². The Balaban J connectivity index is 1.81. The fourth-order valence-corrected chi connectivity index (χ4v) is 3.63. The van der Waals surface area contributed by atoms with Crippen molar-refractivity contribution in [3.05, 3.63) is 31.8 Å². The van der Waals surface area contributed by atoms with E-state index in [9.17, 15) is 4.79 Å². The maximum atomic E-state index is 12.7. The monoisotopic (exact) mass is 451 g/mol. The van der Waals surface area contributed by atoms with Crippen molar-refractivity contribution < 1.29 is 14.3 Å². The number of nitrogens with zero attached hydrogens (tertiary/aromatic N) is 1. The van der Waals surface area contributed by atoms with E-state index in [1.165, 1.54) is 0 Å². The molecule has 4 nitrogen and oxygen atoms in total. The molecule has 2 saturated heterocycles. The largest absolute Gasteiger partial charge is 0.346 e. The predicted octanol–water partition coefficient (Wildman–Crippen LogP) is 3.03. The van der Waals surface area contributed by atoms with Crippen LogP contribution in [0.5, 0.6) is 0 Å². The highest BCUT2D eigenvalue weighted by atomic mass is 127. The Bertz CT molecular complexity index is 531. The molecule has 6 heteroatoms. The normalized spacial score (nSPS) is 21.4. The minimum atomic E-state index is -0.567. The van der Waals surface area contributed by atoms with Crippen LogP contribution in [0, 0.1) is 3.57 Å². The number of benzene rings is 1. The zero-order valence-corrected chi connectivity index (χ0v) is 14.6. The first kappa shape index (κ1) is 14.7. The van der Waals surface area contributed by atoms with Gasteiger partial charge in [-0.25, -0.2) is 0 Å². The lowest BCUT2D eigenvalue weighted by molar-refractivity contribution is -0.183. The highest BCUT2D eigenvalue weighted by Gasteiger charge is 2.42. The highest BCUT2D eigenvalue weighted by molar-refractivity contribution is 14.1.